The molecule has 116 valence electrons. The standard InChI is InChI=1S/C17H10N4O3/c1-2-24-17(23)11(7-18)13-12(8-19)20-15-14(21-13)9-5-3-4-6-10(9)16(15)22/h3-6,23H,2H2,1H3. The van der Waals surface area contributed by atoms with Crippen LogP contribution in [0.4, 0.5) is 0 Å². The summed E-state index contributed by atoms with van der Waals surface area (Å²) in [5.41, 5.74) is 0.702. The minimum Gasteiger partial charge on any atom is -0.480 e. The van der Waals surface area contributed by atoms with Crippen molar-refractivity contribution in [3.63, 3.8) is 0 Å². The first kappa shape index (κ1) is 15.2. The molecule has 1 aromatic carbocycles. The lowest BCUT2D eigenvalue weighted by Gasteiger charge is -2.07. The fourth-order valence-corrected chi connectivity index (χ4v) is 2.46. The maximum absolute atomic E-state index is 12.4. The summed E-state index contributed by atoms with van der Waals surface area (Å²) in [6.07, 6.45) is 0. The summed E-state index contributed by atoms with van der Waals surface area (Å²) in [7, 11) is 0. The molecule has 1 N–H and O–H groups in total. The van der Waals surface area contributed by atoms with Crippen LogP contribution in [0.15, 0.2) is 30.2 Å². The van der Waals surface area contributed by atoms with Crippen LogP contribution in [0.5, 0.6) is 0 Å². The third-order valence-electron chi connectivity index (χ3n) is 3.49. The number of nitrogens with zero attached hydrogens (tertiary/aromatic N) is 4. The van der Waals surface area contributed by atoms with Crippen molar-refractivity contribution in [2.24, 2.45) is 0 Å². The van der Waals surface area contributed by atoms with E-state index in [4.69, 9.17) is 4.74 Å². The average molecular weight is 318 g/mol. The average Bonchev–Trinajstić information content (AvgIpc) is 2.88. The highest BCUT2D eigenvalue weighted by Gasteiger charge is 2.32. The molecule has 3 rings (SSSR count). The Morgan fingerprint density at radius 2 is 1.92 bits per heavy atom. The van der Waals surface area contributed by atoms with Gasteiger partial charge in [0.05, 0.1) is 6.61 Å². The zero-order valence-corrected chi connectivity index (χ0v) is 12.6. The van der Waals surface area contributed by atoms with Crippen LogP contribution in [0.2, 0.25) is 0 Å². The number of aromatic nitrogens is 2. The SMILES string of the molecule is CCOC(O)=C(C#N)c1nc2c(nc1C#N)C(=O)c1ccccc1-2. The first-order chi connectivity index (χ1) is 11.6. The number of rotatable bonds is 3. The van der Waals surface area contributed by atoms with Crippen molar-refractivity contribution in [1.82, 2.24) is 9.97 Å². The Balaban J connectivity index is 2.30. The van der Waals surface area contributed by atoms with Gasteiger partial charge in [-0.25, -0.2) is 9.97 Å². The first-order valence-electron chi connectivity index (χ1n) is 7.05. The number of carbonyl (C=O) groups is 1. The molecule has 1 heterocycles. The molecule has 0 bridgehead atoms. The second kappa shape index (κ2) is 5.82. The minimum absolute atomic E-state index is 0.0599. The van der Waals surface area contributed by atoms with Crippen LogP contribution in [0.3, 0.4) is 0 Å². The number of hydrogen-bond donors (Lipinski definition) is 1. The van der Waals surface area contributed by atoms with Crippen molar-refractivity contribution in [3.8, 4) is 23.4 Å². The van der Waals surface area contributed by atoms with Crippen LogP contribution in [-0.2, 0) is 4.74 Å². The lowest BCUT2D eigenvalue weighted by atomic mass is 10.1. The molecule has 7 nitrogen and oxygen atoms in total. The third-order valence-corrected chi connectivity index (χ3v) is 3.49. The summed E-state index contributed by atoms with van der Waals surface area (Å²) < 4.78 is 4.93. The fourth-order valence-electron chi connectivity index (χ4n) is 2.46. The first-order valence-corrected chi connectivity index (χ1v) is 7.05. The maximum Gasteiger partial charge on any atom is 0.297 e. The number of nitriles is 2. The number of allylic oxidation sites excluding steroid dienone is 1. The Kier molecular flexibility index (Phi) is 3.69. The molecule has 0 radical (unpaired) electrons. The van der Waals surface area contributed by atoms with E-state index in [1.54, 1.807) is 43.3 Å². The number of benzene rings is 1. The van der Waals surface area contributed by atoms with Crippen LogP contribution >= 0.6 is 0 Å². The van der Waals surface area contributed by atoms with Gasteiger partial charge in [0.1, 0.15) is 29.2 Å². The van der Waals surface area contributed by atoms with Crippen LogP contribution in [-0.4, -0.2) is 27.5 Å². The van der Waals surface area contributed by atoms with E-state index in [0.29, 0.717) is 11.1 Å². The van der Waals surface area contributed by atoms with E-state index < -0.39 is 5.95 Å². The second-order valence-corrected chi connectivity index (χ2v) is 4.83. The predicted octanol–water partition coefficient (Wildman–Crippen LogP) is 2.35. The zero-order valence-electron chi connectivity index (χ0n) is 12.6. The van der Waals surface area contributed by atoms with E-state index in [-0.39, 0.29) is 40.7 Å². The van der Waals surface area contributed by atoms with Gasteiger partial charge in [0, 0.05) is 11.1 Å². The topological polar surface area (TPSA) is 120 Å². The van der Waals surface area contributed by atoms with E-state index in [9.17, 15) is 20.4 Å². The molecular formula is C17H10N4O3. The molecule has 1 aliphatic rings. The molecule has 24 heavy (non-hydrogen) atoms. The van der Waals surface area contributed by atoms with E-state index in [2.05, 4.69) is 9.97 Å². The number of ketones is 1. The van der Waals surface area contributed by atoms with Crippen LogP contribution in [0, 0.1) is 22.7 Å². The van der Waals surface area contributed by atoms with Crippen molar-refractivity contribution in [2.45, 2.75) is 6.92 Å². The second-order valence-electron chi connectivity index (χ2n) is 4.83. The van der Waals surface area contributed by atoms with Gasteiger partial charge in [-0.2, -0.15) is 10.5 Å². The molecule has 0 amide bonds. The van der Waals surface area contributed by atoms with Crippen molar-refractivity contribution < 1.29 is 14.6 Å². The highest BCUT2D eigenvalue weighted by molar-refractivity contribution is 6.19. The molecule has 1 aromatic heterocycles. The van der Waals surface area contributed by atoms with Crippen molar-refractivity contribution in [1.29, 1.82) is 10.5 Å². The minimum atomic E-state index is -0.636. The van der Waals surface area contributed by atoms with Crippen LogP contribution < -0.4 is 0 Å². The number of fused-ring (bicyclic) bond motifs is 3. The number of carbonyl (C=O) groups excluding carboxylic acids is 1. The van der Waals surface area contributed by atoms with Gasteiger partial charge >= 0.3 is 0 Å². The molecular weight excluding hydrogens is 308 g/mol. The van der Waals surface area contributed by atoms with Gasteiger partial charge in [0.15, 0.2) is 11.3 Å². The largest absolute Gasteiger partial charge is 0.480 e. The molecule has 0 spiro atoms. The summed E-state index contributed by atoms with van der Waals surface area (Å²) in [4.78, 5) is 20.7. The van der Waals surface area contributed by atoms with E-state index in [1.165, 1.54) is 0 Å². The molecule has 0 unspecified atom stereocenters. The molecule has 0 aliphatic heterocycles. The van der Waals surface area contributed by atoms with Gasteiger partial charge in [-0.1, -0.05) is 24.3 Å². The van der Waals surface area contributed by atoms with Crippen molar-refractivity contribution >= 4 is 11.4 Å². The van der Waals surface area contributed by atoms with Crippen molar-refractivity contribution in [2.75, 3.05) is 6.61 Å². The van der Waals surface area contributed by atoms with E-state index >= 15 is 0 Å². The van der Waals surface area contributed by atoms with Gasteiger partial charge in [-0.3, -0.25) is 4.79 Å². The Morgan fingerprint density at radius 3 is 2.54 bits per heavy atom. The Labute approximate surface area is 137 Å². The normalized spacial score (nSPS) is 12.5. The molecule has 0 fully saturated rings. The summed E-state index contributed by atoms with van der Waals surface area (Å²) in [6, 6.07) is 10.4. The fraction of sp³-hybridized carbons (Fsp3) is 0.118. The molecule has 0 saturated carbocycles. The highest BCUT2D eigenvalue weighted by Crippen LogP contribution is 2.35. The highest BCUT2D eigenvalue weighted by atomic mass is 16.6. The summed E-state index contributed by atoms with van der Waals surface area (Å²) in [5, 5.41) is 28.5. The van der Waals surface area contributed by atoms with Gasteiger partial charge in [-0.05, 0) is 6.92 Å². The predicted molar refractivity (Wildman–Crippen MR) is 82.4 cm³/mol. The van der Waals surface area contributed by atoms with E-state index in [0.717, 1.165) is 0 Å². The molecule has 0 atom stereocenters. The van der Waals surface area contributed by atoms with Crippen molar-refractivity contribution in [3.05, 3.63) is 52.9 Å². The number of ether oxygens (including phenoxy) is 1. The monoisotopic (exact) mass is 318 g/mol. The summed E-state index contributed by atoms with van der Waals surface area (Å²) in [5.74, 6) is -0.962. The summed E-state index contributed by atoms with van der Waals surface area (Å²) in [6.45, 7) is 1.78. The number of aliphatic hydroxyl groups excluding tert-OH is 1. The maximum atomic E-state index is 12.4. The Morgan fingerprint density at radius 1 is 1.21 bits per heavy atom. The quantitative estimate of drug-likeness (QED) is 0.581. The molecule has 7 heteroatoms. The Bertz CT molecular complexity index is 980. The van der Waals surface area contributed by atoms with Crippen LogP contribution in [0.1, 0.15) is 34.4 Å². The van der Waals surface area contributed by atoms with Gasteiger partial charge in [-0.15, -0.1) is 0 Å². The molecule has 1 aliphatic carbocycles. The van der Waals surface area contributed by atoms with Gasteiger partial charge in [0.25, 0.3) is 5.95 Å². The third kappa shape index (κ3) is 2.16. The lowest BCUT2D eigenvalue weighted by Crippen LogP contribution is -2.07. The van der Waals surface area contributed by atoms with Crippen LogP contribution in [0.25, 0.3) is 16.8 Å². The smallest absolute Gasteiger partial charge is 0.297 e. The number of aliphatic hydroxyl groups is 1. The molecule has 0 saturated heterocycles. The number of hydrogen-bond acceptors (Lipinski definition) is 7. The van der Waals surface area contributed by atoms with Gasteiger partial charge in [0.2, 0.25) is 5.78 Å². The molecule has 2 aromatic rings. The lowest BCUT2D eigenvalue weighted by molar-refractivity contribution is 0.103. The van der Waals surface area contributed by atoms with Gasteiger partial charge < -0.3 is 9.84 Å². The summed E-state index contributed by atoms with van der Waals surface area (Å²) >= 11 is 0. The Hall–Kier alpha value is -3.71. The zero-order chi connectivity index (χ0) is 17.3. The van der Waals surface area contributed by atoms with E-state index in [1.807, 2.05) is 0 Å².